The van der Waals surface area contributed by atoms with E-state index in [2.05, 4.69) is 0 Å². The molecule has 1 saturated heterocycles. The molecule has 1 unspecified atom stereocenters. The molecule has 11 heavy (non-hydrogen) atoms. The normalized spacial score (nSPS) is 27.3. The third-order valence-corrected chi connectivity index (χ3v) is 2.04. The van der Waals surface area contributed by atoms with Gasteiger partial charge in [0.05, 0.1) is 0 Å². The number of ether oxygens (including phenoxy) is 1. The second kappa shape index (κ2) is 4.70. The summed E-state index contributed by atoms with van der Waals surface area (Å²) in [5.74, 6) is 0. The Morgan fingerprint density at radius 1 is 1.55 bits per heavy atom. The molecule has 1 fully saturated rings. The van der Waals surface area contributed by atoms with Gasteiger partial charge < -0.3 is 9.84 Å². The first-order valence-electron chi connectivity index (χ1n) is 4.34. The van der Waals surface area contributed by atoms with E-state index in [0.717, 1.165) is 26.0 Å². The average molecular weight is 159 g/mol. The molecule has 0 aromatic rings. The van der Waals surface area contributed by atoms with E-state index in [0.29, 0.717) is 6.73 Å². The number of aliphatic hydroxyl groups is 1. The molecule has 0 aliphatic carbocycles. The summed E-state index contributed by atoms with van der Waals surface area (Å²) < 4.78 is 5.21. The maximum absolute atomic E-state index is 9.44. The summed E-state index contributed by atoms with van der Waals surface area (Å²) in [4.78, 5) is 1.98. The zero-order valence-corrected chi connectivity index (χ0v) is 7.12. The van der Waals surface area contributed by atoms with Crippen molar-refractivity contribution >= 4 is 0 Å². The highest BCUT2D eigenvalue weighted by Crippen LogP contribution is 2.13. The van der Waals surface area contributed by atoms with Crippen LogP contribution >= 0.6 is 0 Å². The number of piperidine rings is 1. The minimum atomic E-state index is -0.268. The van der Waals surface area contributed by atoms with Gasteiger partial charge in [-0.1, -0.05) is 0 Å². The summed E-state index contributed by atoms with van der Waals surface area (Å²) in [6, 6.07) is 0. The maximum Gasteiger partial charge on any atom is 0.109 e. The van der Waals surface area contributed by atoms with Crippen molar-refractivity contribution in [2.75, 3.05) is 19.9 Å². The monoisotopic (exact) mass is 159 g/mol. The molecule has 1 N–H and O–H groups in total. The highest BCUT2D eigenvalue weighted by Gasteiger charge is 2.18. The predicted molar refractivity (Wildman–Crippen MR) is 43.1 cm³/mol. The van der Waals surface area contributed by atoms with Crippen LogP contribution in [0.2, 0.25) is 0 Å². The van der Waals surface area contributed by atoms with Gasteiger partial charge in [0.15, 0.2) is 0 Å². The van der Waals surface area contributed by atoms with Crippen LogP contribution in [0.4, 0.5) is 0 Å². The minimum absolute atomic E-state index is 0.268. The molecule has 0 spiro atoms. The highest BCUT2D eigenvalue weighted by atomic mass is 16.5. The summed E-state index contributed by atoms with van der Waals surface area (Å²) in [5.41, 5.74) is 0. The van der Waals surface area contributed by atoms with Crippen LogP contribution in [0.5, 0.6) is 0 Å². The Balaban J connectivity index is 2.18. The summed E-state index contributed by atoms with van der Waals surface area (Å²) in [7, 11) is 0. The molecule has 1 aliphatic rings. The molecule has 1 rings (SSSR count). The molecular formula is C8H17NO2. The fraction of sp³-hybridized carbons (Fsp3) is 1.00. The van der Waals surface area contributed by atoms with Gasteiger partial charge in [-0.05, 0) is 26.2 Å². The van der Waals surface area contributed by atoms with E-state index < -0.39 is 0 Å². The molecule has 0 radical (unpaired) electrons. The molecule has 0 bridgehead atoms. The Morgan fingerprint density at radius 2 is 2.36 bits per heavy atom. The van der Waals surface area contributed by atoms with Crippen molar-refractivity contribution in [2.45, 2.75) is 32.4 Å². The predicted octanol–water partition coefficient (Wildman–Crippen LogP) is 0.785. The van der Waals surface area contributed by atoms with Crippen molar-refractivity contribution in [3.8, 4) is 0 Å². The molecule has 3 heteroatoms. The lowest BCUT2D eigenvalue weighted by Gasteiger charge is -2.31. The van der Waals surface area contributed by atoms with Crippen molar-refractivity contribution < 1.29 is 9.84 Å². The molecule has 1 atom stereocenters. The van der Waals surface area contributed by atoms with Gasteiger partial charge in [-0.2, -0.15) is 0 Å². The maximum atomic E-state index is 9.44. The largest absolute Gasteiger partial charge is 0.378 e. The minimum Gasteiger partial charge on any atom is -0.378 e. The number of hydrogen-bond donors (Lipinski definition) is 1. The molecule has 0 aromatic carbocycles. The molecule has 0 aromatic heterocycles. The van der Waals surface area contributed by atoms with Crippen LogP contribution in [0.15, 0.2) is 0 Å². The van der Waals surface area contributed by atoms with Gasteiger partial charge in [-0.3, -0.25) is 4.90 Å². The van der Waals surface area contributed by atoms with E-state index in [1.54, 1.807) is 0 Å². The molecule has 0 saturated carbocycles. The van der Waals surface area contributed by atoms with Gasteiger partial charge in [0, 0.05) is 13.2 Å². The van der Waals surface area contributed by atoms with Gasteiger partial charge >= 0.3 is 0 Å². The fourth-order valence-corrected chi connectivity index (χ4v) is 1.33. The van der Waals surface area contributed by atoms with Crippen LogP contribution in [0.1, 0.15) is 26.2 Å². The van der Waals surface area contributed by atoms with Crippen LogP contribution in [0.3, 0.4) is 0 Å². The SMILES string of the molecule is CCOCN1CCCCC1O. The molecule has 0 amide bonds. The number of aliphatic hydroxyl groups excluding tert-OH is 1. The first-order chi connectivity index (χ1) is 5.34. The second-order valence-electron chi connectivity index (χ2n) is 2.91. The summed E-state index contributed by atoms with van der Waals surface area (Å²) in [6.45, 7) is 4.25. The van der Waals surface area contributed by atoms with E-state index in [4.69, 9.17) is 4.74 Å². The standard InChI is InChI=1S/C8H17NO2/c1-2-11-7-9-6-4-3-5-8(9)10/h8,10H,2-7H2,1H3. The first kappa shape index (κ1) is 8.97. The third kappa shape index (κ3) is 2.77. The molecular weight excluding hydrogens is 142 g/mol. The Bertz CT molecular complexity index is 108. The van der Waals surface area contributed by atoms with Gasteiger partial charge in [-0.25, -0.2) is 0 Å². The van der Waals surface area contributed by atoms with Gasteiger partial charge in [0.25, 0.3) is 0 Å². The second-order valence-corrected chi connectivity index (χ2v) is 2.91. The third-order valence-electron chi connectivity index (χ3n) is 2.04. The lowest BCUT2D eigenvalue weighted by atomic mass is 10.1. The zero-order chi connectivity index (χ0) is 8.10. The van der Waals surface area contributed by atoms with Crippen molar-refractivity contribution in [3.63, 3.8) is 0 Å². The Kier molecular flexibility index (Phi) is 3.83. The smallest absolute Gasteiger partial charge is 0.109 e. The van der Waals surface area contributed by atoms with E-state index in [1.807, 2.05) is 11.8 Å². The van der Waals surface area contributed by atoms with Crippen LogP contribution < -0.4 is 0 Å². The van der Waals surface area contributed by atoms with E-state index in [1.165, 1.54) is 6.42 Å². The van der Waals surface area contributed by atoms with Crippen LogP contribution in [-0.4, -0.2) is 36.1 Å². The van der Waals surface area contributed by atoms with Crippen LogP contribution in [0.25, 0.3) is 0 Å². The number of rotatable bonds is 3. The Labute approximate surface area is 68.0 Å². The van der Waals surface area contributed by atoms with Gasteiger partial charge in [-0.15, -0.1) is 0 Å². The molecule has 66 valence electrons. The summed E-state index contributed by atoms with van der Waals surface area (Å²) in [6.07, 6.45) is 2.95. The van der Waals surface area contributed by atoms with E-state index in [-0.39, 0.29) is 6.23 Å². The molecule has 1 heterocycles. The zero-order valence-electron chi connectivity index (χ0n) is 7.12. The number of nitrogens with zero attached hydrogens (tertiary/aromatic N) is 1. The van der Waals surface area contributed by atoms with Crippen LogP contribution in [0, 0.1) is 0 Å². The molecule has 3 nitrogen and oxygen atoms in total. The lowest BCUT2D eigenvalue weighted by molar-refractivity contribution is -0.0870. The number of hydrogen-bond acceptors (Lipinski definition) is 3. The number of likely N-dealkylation sites (tertiary alicyclic amines) is 1. The Morgan fingerprint density at radius 3 is 3.00 bits per heavy atom. The quantitative estimate of drug-likeness (QED) is 0.660. The summed E-state index contributed by atoms with van der Waals surface area (Å²) in [5, 5.41) is 9.44. The van der Waals surface area contributed by atoms with Gasteiger partial charge in [0.1, 0.15) is 13.0 Å². The average Bonchev–Trinajstić information content (AvgIpc) is 2.03. The van der Waals surface area contributed by atoms with E-state index in [9.17, 15) is 5.11 Å². The van der Waals surface area contributed by atoms with Crippen molar-refractivity contribution in [2.24, 2.45) is 0 Å². The highest BCUT2D eigenvalue weighted by molar-refractivity contribution is 4.65. The van der Waals surface area contributed by atoms with Gasteiger partial charge in [0.2, 0.25) is 0 Å². The van der Waals surface area contributed by atoms with E-state index >= 15 is 0 Å². The fourth-order valence-electron chi connectivity index (χ4n) is 1.33. The topological polar surface area (TPSA) is 32.7 Å². The van der Waals surface area contributed by atoms with Crippen molar-refractivity contribution in [1.29, 1.82) is 0 Å². The lowest BCUT2D eigenvalue weighted by Crippen LogP contribution is -2.40. The van der Waals surface area contributed by atoms with Crippen molar-refractivity contribution in [3.05, 3.63) is 0 Å². The summed E-state index contributed by atoms with van der Waals surface area (Å²) >= 11 is 0. The van der Waals surface area contributed by atoms with Crippen molar-refractivity contribution in [1.82, 2.24) is 4.90 Å². The first-order valence-corrected chi connectivity index (χ1v) is 4.34. The Hall–Kier alpha value is -0.120. The molecule has 1 aliphatic heterocycles. The van der Waals surface area contributed by atoms with Crippen LogP contribution in [-0.2, 0) is 4.74 Å².